The molecule has 1 aliphatic rings. The van der Waals surface area contributed by atoms with Crippen molar-refractivity contribution in [2.45, 2.75) is 38.3 Å². The molecule has 1 amide bonds. The number of ether oxygens (including phenoxy) is 1. The molecule has 2 aromatic carbocycles. The third-order valence-electron chi connectivity index (χ3n) is 5.06. The maximum Gasteiger partial charge on any atom is 0.350 e. The standard InChI is InChI=1S/C22H20ClNO3S/c1-13(21(25)24-17-11-6-8-14-7-2-3-9-15(14)17)27-22(26)20-19(23)16-10-4-5-12-18(16)28-20/h2-5,7,9-10,12-13,17H,6,8,11H2,1H3,(H,24,25)/t13-,17+/m1/s1. The van der Waals surface area contributed by atoms with Gasteiger partial charge in [-0.15, -0.1) is 11.3 Å². The van der Waals surface area contributed by atoms with Crippen LogP contribution in [0.25, 0.3) is 10.1 Å². The van der Waals surface area contributed by atoms with Gasteiger partial charge in [-0.25, -0.2) is 4.79 Å². The van der Waals surface area contributed by atoms with Gasteiger partial charge < -0.3 is 10.1 Å². The molecule has 28 heavy (non-hydrogen) atoms. The van der Waals surface area contributed by atoms with Crippen molar-refractivity contribution in [2.75, 3.05) is 0 Å². The molecule has 4 rings (SSSR count). The third-order valence-corrected chi connectivity index (χ3v) is 6.71. The van der Waals surface area contributed by atoms with E-state index in [0.29, 0.717) is 9.90 Å². The second kappa shape index (κ2) is 7.94. The Hall–Kier alpha value is -2.37. The smallest absolute Gasteiger partial charge is 0.350 e. The lowest BCUT2D eigenvalue weighted by atomic mass is 9.87. The number of thiophene rings is 1. The number of hydrogen-bond acceptors (Lipinski definition) is 4. The maximum absolute atomic E-state index is 12.6. The lowest BCUT2D eigenvalue weighted by molar-refractivity contribution is -0.130. The Bertz CT molecular complexity index is 1050. The zero-order valence-electron chi connectivity index (χ0n) is 15.4. The van der Waals surface area contributed by atoms with E-state index in [2.05, 4.69) is 11.4 Å². The van der Waals surface area contributed by atoms with Crippen molar-refractivity contribution in [2.24, 2.45) is 0 Å². The number of carbonyl (C=O) groups excluding carboxylic acids is 2. The van der Waals surface area contributed by atoms with Gasteiger partial charge in [0.05, 0.1) is 11.1 Å². The Kier molecular flexibility index (Phi) is 5.38. The monoisotopic (exact) mass is 413 g/mol. The summed E-state index contributed by atoms with van der Waals surface area (Å²) in [5, 5.41) is 4.22. The van der Waals surface area contributed by atoms with Crippen LogP contribution in [0.4, 0.5) is 0 Å². The van der Waals surface area contributed by atoms with Crippen LogP contribution in [0.5, 0.6) is 0 Å². The number of rotatable bonds is 4. The molecule has 0 saturated heterocycles. The Morgan fingerprint density at radius 1 is 1.18 bits per heavy atom. The van der Waals surface area contributed by atoms with Crippen LogP contribution in [0.3, 0.4) is 0 Å². The molecule has 0 fully saturated rings. The first-order valence-electron chi connectivity index (χ1n) is 9.31. The van der Waals surface area contributed by atoms with Crippen LogP contribution in [0, 0.1) is 0 Å². The van der Waals surface area contributed by atoms with Gasteiger partial charge in [0.25, 0.3) is 5.91 Å². The van der Waals surface area contributed by atoms with Crippen LogP contribution in [0.1, 0.15) is 46.6 Å². The number of carbonyl (C=O) groups is 2. The quantitative estimate of drug-likeness (QED) is 0.591. The van der Waals surface area contributed by atoms with E-state index in [9.17, 15) is 9.59 Å². The van der Waals surface area contributed by atoms with Crippen molar-refractivity contribution in [3.63, 3.8) is 0 Å². The summed E-state index contributed by atoms with van der Waals surface area (Å²) < 4.78 is 6.33. The Morgan fingerprint density at radius 2 is 1.93 bits per heavy atom. The van der Waals surface area contributed by atoms with E-state index >= 15 is 0 Å². The van der Waals surface area contributed by atoms with Gasteiger partial charge in [-0.05, 0) is 43.4 Å². The van der Waals surface area contributed by atoms with Crippen molar-refractivity contribution in [3.05, 3.63) is 69.6 Å². The van der Waals surface area contributed by atoms with Crippen LogP contribution in [-0.2, 0) is 16.0 Å². The van der Waals surface area contributed by atoms with E-state index in [4.69, 9.17) is 16.3 Å². The molecule has 0 saturated carbocycles. The molecule has 1 aliphatic carbocycles. The topological polar surface area (TPSA) is 55.4 Å². The summed E-state index contributed by atoms with van der Waals surface area (Å²) in [6.07, 6.45) is 2.03. The van der Waals surface area contributed by atoms with Gasteiger partial charge in [-0.3, -0.25) is 4.79 Å². The van der Waals surface area contributed by atoms with E-state index < -0.39 is 12.1 Å². The number of nitrogens with one attached hydrogen (secondary N) is 1. The number of esters is 1. The predicted octanol–water partition coefficient (Wildman–Crippen LogP) is 5.29. The molecular formula is C22H20ClNO3S. The maximum atomic E-state index is 12.6. The minimum Gasteiger partial charge on any atom is -0.448 e. The SMILES string of the molecule is C[C@@H](OC(=O)c1sc2ccccc2c1Cl)C(=O)N[C@H]1CCCc2ccccc21. The third kappa shape index (κ3) is 3.64. The van der Waals surface area contributed by atoms with Crippen molar-refractivity contribution >= 4 is 44.9 Å². The molecule has 1 aromatic heterocycles. The average Bonchev–Trinajstić information content (AvgIpc) is 3.05. The number of hydrogen-bond donors (Lipinski definition) is 1. The number of fused-ring (bicyclic) bond motifs is 2. The first kappa shape index (κ1) is 19.0. The number of aryl methyl sites for hydroxylation is 1. The van der Waals surface area contributed by atoms with Crippen LogP contribution in [0.15, 0.2) is 48.5 Å². The number of halogens is 1. The summed E-state index contributed by atoms with van der Waals surface area (Å²) in [7, 11) is 0. The van der Waals surface area contributed by atoms with Gasteiger partial charge in [-0.2, -0.15) is 0 Å². The van der Waals surface area contributed by atoms with Crippen LogP contribution < -0.4 is 5.32 Å². The van der Waals surface area contributed by atoms with E-state index in [1.54, 1.807) is 6.92 Å². The molecule has 1 N–H and O–H groups in total. The van der Waals surface area contributed by atoms with Crippen molar-refractivity contribution in [1.82, 2.24) is 5.32 Å². The fourth-order valence-electron chi connectivity index (χ4n) is 3.61. The molecule has 6 heteroatoms. The number of amides is 1. The Balaban J connectivity index is 1.45. The normalized spacial score (nSPS) is 17.0. The first-order chi connectivity index (χ1) is 13.5. The molecule has 0 bridgehead atoms. The minimum atomic E-state index is -0.900. The summed E-state index contributed by atoms with van der Waals surface area (Å²) in [6.45, 7) is 1.59. The second-order valence-corrected chi connectivity index (χ2v) is 8.37. The molecule has 4 nitrogen and oxygen atoms in total. The van der Waals surface area contributed by atoms with Gasteiger partial charge in [0, 0.05) is 10.1 Å². The van der Waals surface area contributed by atoms with Gasteiger partial charge in [0.1, 0.15) is 4.88 Å². The largest absolute Gasteiger partial charge is 0.448 e. The van der Waals surface area contributed by atoms with E-state index in [1.807, 2.05) is 42.5 Å². The van der Waals surface area contributed by atoms with Crippen LogP contribution in [0.2, 0.25) is 5.02 Å². The lowest BCUT2D eigenvalue weighted by Gasteiger charge is -2.27. The Labute approximate surface area is 172 Å². The highest BCUT2D eigenvalue weighted by Crippen LogP contribution is 2.36. The van der Waals surface area contributed by atoms with Gasteiger partial charge in [-0.1, -0.05) is 54.1 Å². The summed E-state index contributed by atoms with van der Waals surface area (Å²) in [5.74, 6) is -0.870. The van der Waals surface area contributed by atoms with Gasteiger partial charge in [0.2, 0.25) is 0 Å². The van der Waals surface area contributed by atoms with Gasteiger partial charge >= 0.3 is 5.97 Å². The van der Waals surface area contributed by atoms with E-state index in [-0.39, 0.29) is 11.9 Å². The summed E-state index contributed by atoms with van der Waals surface area (Å²) in [5.41, 5.74) is 2.41. The molecule has 3 aromatic rings. The van der Waals surface area contributed by atoms with Crippen molar-refractivity contribution in [1.29, 1.82) is 0 Å². The van der Waals surface area contributed by atoms with E-state index in [0.717, 1.165) is 34.9 Å². The molecule has 0 aliphatic heterocycles. The fourth-order valence-corrected chi connectivity index (χ4v) is 5.00. The molecule has 2 atom stereocenters. The highest BCUT2D eigenvalue weighted by molar-refractivity contribution is 7.21. The molecule has 0 radical (unpaired) electrons. The zero-order chi connectivity index (χ0) is 19.7. The highest BCUT2D eigenvalue weighted by atomic mass is 35.5. The van der Waals surface area contributed by atoms with Crippen molar-refractivity contribution in [3.8, 4) is 0 Å². The summed E-state index contributed by atoms with van der Waals surface area (Å²) in [6, 6.07) is 15.6. The lowest BCUT2D eigenvalue weighted by Crippen LogP contribution is -2.39. The van der Waals surface area contributed by atoms with Crippen LogP contribution in [-0.4, -0.2) is 18.0 Å². The highest BCUT2D eigenvalue weighted by Gasteiger charge is 2.27. The van der Waals surface area contributed by atoms with Gasteiger partial charge in [0.15, 0.2) is 6.10 Å². The van der Waals surface area contributed by atoms with Crippen LogP contribution >= 0.6 is 22.9 Å². The fraction of sp³-hybridized carbons (Fsp3) is 0.273. The Morgan fingerprint density at radius 3 is 2.75 bits per heavy atom. The number of benzene rings is 2. The molecule has 144 valence electrons. The average molecular weight is 414 g/mol. The molecule has 0 unspecified atom stereocenters. The molecule has 1 heterocycles. The zero-order valence-corrected chi connectivity index (χ0v) is 17.0. The molecule has 0 spiro atoms. The minimum absolute atomic E-state index is 0.0495. The molecular weight excluding hydrogens is 394 g/mol. The first-order valence-corrected chi connectivity index (χ1v) is 10.5. The van der Waals surface area contributed by atoms with Crippen molar-refractivity contribution < 1.29 is 14.3 Å². The summed E-state index contributed by atoms with van der Waals surface area (Å²) in [4.78, 5) is 25.5. The summed E-state index contributed by atoms with van der Waals surface area (Å²) >= 11 is 7.61. The second-order valence-electron chi connectivity index (χ2n) is 6.94. The predicted molar refractivity (Wildman–Crippen MR) is 112 cm³/mol. The van der Waals surface area contributed by atoms with E-state index in [1.165, 1.54) is 16.9 Å².